The van der Waals surface area contributed by atoms with Crippen molar-refractivity contribution in [3.63, 3.8) is 0 Å². The molecule has 0 spiro atoms. The number of fused-ring (bicyclic) bond motifs is 1. The molecule has 0 aliphatic carbocycles. The number of aliphatic carboxylic acids is 1. The average molecular weight is 336 g/mol. The normalized spacial score (nSPS) is 13.5. The highest BCUT2D eigenvalue weighted by molar-refractivity contribution is 7.20. The standard InChI is InChI=1S/C15H16N2O5S/c1-3-6-15(2,14(19)20)16-13(18)12-8-9-7-10(17(21)22)4-5-11(9)23-12/h4-5,7-8H,3,6H2,1-2H3,(H,16,18)(H,19,20). The van der Waals surface area contributed by atoms with Crippen LogP contribution in [0.4, 0.5) is 5.69 Å². The van der Waals surface area contributed by atoms with Crippen molar-refractivity contribution in [2.45, 2.75) is 32.2 Å². The van der Waals surface area contributed by atoms with Crippen LogP contribution in [0.15, 0.2) is 24.3 Å². The van der Waals surface area contributed by atoms with E-state index >= 15 is 0 Å². The van der Waals surface area contributed by atoms with Gasteiger partial charge in [-0.15, -0.1) is 11.3 Å². The summed E-state index contributed by atoms with van der Waals surface area (Å²) >= 11 is 1.17. The summed E-state index contributed by atoms with van der Waals surface area (Å²) in [6.07, 6.45) is 0.923. The number of nitro benzene ring substituents is 1. The number of thiophene rings is 1. The largest absolute Gasteiger partial charge is 0.480 e. The summed E-state index contributed by atoms with van der Waals surface area (Å²) in [4.78, 5) is 34.3. The van der Waals surface area contributed by atoms with E-state index in [2.05, 4.69) is 5.32 Å². The molecule has 1 atom stereocenters. The third kappa shape index (κ3) is 3.48. The Labute approximate surface area is 136 Å². The number of hydrogen-bond donors (Lipinski definition) is 2. The lowest BCUT2D eigenvalue weighted by atomic mass is 9.96. The van der Waals surface area contributed by atoms with Gasteiger partial charge in [0.1, 0.15) is 5.54 Å². The Kier molecular flexibility index (Phi) is 4.65. The maximum Gasteiger partial charge on any atom is 0.329 e. The molecule has 0 saturated heterocycles. The summed E-state index contributed by atoms with van der Waals surface area (Å²) in [5.41, 5.74) is -1.39. The van der Waals surface area contributed by atoms with Gasteiger partial charge in [0.05, 0.1) is 9.80 Å². The molecule has 1 aromatic carbocycles. The van der Waals surface area contributed by atoms with E-state index in [0.29, 0.717) is 23.1 Å². The molecular weight excluding hydrogens is 320 g/mol. The number of nitrogens with one attached hydrogen (secondary N) is 1. The van der Waals surface area contributed by atoms with Crippen LogP contribution in [0, 0.1) is 10.1 Å². The van der Waals surface area contributed by atoms with Crippen LogP contribution in [0.25, 0.3) is 10.1 Å². The minimum atomic E-state index is -1.34. The Morgan fingerprint density at radius 1 is 1.39 bits per heavy atom. The number of nitrogens with zero attached hydrogens (tertiary/aromatic N) is 1. The fourth-order valence-electron chi connectivity index (χ4n) is 2.29. The van der Waals surface area contributed by atoms with Gasteiger partial charge in [-0.1, -0.05) is 13.3 Å². The van der Waals surface area contributed by atoms with Gasteiger partial charge in [-0.3, -0.25) is 14.9 Å². The lowest BCUT2D eigenvalue weighted by molar-refractivity contribution is -0.384. The maximum atomic E-state index is 12.3. The maximum absolute atomic E-state index is 12.3. The molecule has 1 amide bonds. The molecule has 2 N–H and O–H groups in total. The topological polar surface area (TPSA) is 110 Å². The molecule has 0 saturated carbocycles. The van der Waals surface area contributed by atoms with Crippen LogP contribution in [0.3, 0.4) is 0 Å². The monoisotopic (exact) mass is 336 g/mol. The number of carboxylic acids is 1. The number of hydrogen-bond acceptors (Lipinski definition) is 5. The smallest absolute Gasteiger partial charge is 0.329 e. The van der Waals surface area contributed by atoms with Gasteiger partial charge in [0.25, 0.3) is 11.6 Å². The number of nitro groups is 1. The third-order valence-corrected chi connectivity index (χ3v) is 4.66. The van der Waals surface area contributed by atoms with Crippen LogP contribution < -0.4 is 5.32 Å². The van der Waals surface area contributed by atoms with Gasteiger partial charge in [0.15, 0.2) is 0 Å². The molecule has 0 aliphatic heterocycles. The van der Waals surface area contributed by atoms with E-state index in [4.69, 9.17) is 0 Å². The first-order valence-corrected chi connectivity index (χ1v) is 7.82. The molecule has 0 bridgehead atoms. The van der Waals surface area contributed by atoms with Gasteiger partial charge in [0.2, 0.25) is 0 Å². The summed E-state index contributed by atoms with van der Waals surface area (Å²) in [6, 6.07) is 5.89. The molecule has 1 heterocycles. The Balaban J connectivity index is 2.30. The summed E-state index contributed by atoms with van der Waals surface area (Å²) in [7, 11) is 0. The Morgan fingerprint density at radius 2 is 2.09 bits per heavy atom. The predicted molar refractivity (Wildman–Crippen MR) is 86.9 cm³/mol. The average Bonchev–Trinajstić information content (AvgIpc) is 2.90. The molecule has 0 radical (unpaired) electrons. The van der Waals surface area contributed by atoms with E-state index in [1.807, 2.05) is 6.92 Å². The van der Waals surface area contributed by atoms with Crippen molar-refractivity contribution in [2.24, 2.45) is 0 Å². The first-order chi connectivity index (χ1) is 10.8. The summed E-state index contributed by atoms with van der Waals surface area (Å²) in [5.74, 6) is -1.59. The van der Waals surface area contributed by atoms with E-state index in [-0.39, 0.29) is 5.69 Å². The van der Waals surface area contributed by atoms with E-state index in [1.165, 1.54) is 36.5 Å². The molecule has 23 heavy (non-hydrogen) atoms. The summed E-state index contributed by atoms with van der Waals surface area (Å²) in [6.45, 7) is 3.31. The number of carboxylic acid groups (broad SMARTS) is 1. The van der Waals surface area contributed by atoms with Crippen LogP contribution in [-0.4, -0.2) is 27.4 Å². The highest BCUT2D eigenvalue weighted by atomic mass is 32.1. The molecular formula is C15H16N2O5S. The van der Waals surface area contributed by atoms with E-state index in [1.54, 1.807) is 6.07 Å². The zero-order chi connectivity index (χ0) is 17.2. The van der Waals surface area contributed by atoms with Gasteiger partial charge in [-0.05, 0) is 25.5 Å². The second kappa shape index (κ2) is 6.33. The molecule has 2 aromatic rings. The molecule has 0 aliphatic rings. The van der Waals surface area contributed by atoms with Crippen LogP contribution in [0.5, 0.6) is 0 Å². The van der Waals surface area contributed by atoms with Crippen LogP contribution >= 0.6 is 11.3 Å². The molecule has 7 nitrogen and oxygen atoms in total. The highest BCUT2D eigenvalue weighted by Crippen LogP contribution is 2.29. The summed E-state index contributed by atoms with van der Waals surface area (Å²) in [5, 5.41) is 23.2. The molecule has 8 heteroatoms. The lowest BCUT2D eigenvalue weighted by Gasteiger charge is -2.25. The van der Waals surface area contributed by atoms with E-state index in [0.717, 1.165) is 4.70 Å². The number of amides is 1. The first kappa shape index (κ1) is 16.9. The molecule has 122 valence electrons. The Hall–Kier alpha value is -2.48. The van der Waals surface area contributed by atoms with Crippen LogP contribution in [0.2, 0.25) is 0 Å². The minimum absolute atomic E-state index is 0.0522. The van der Waals surface area contributed by atoms with Crippen molar-refractivity contribution in [3.8, 4) is 0 Å². The predicted octanol–water partition coefficient (Wildman–Crippen LogP) is 3.18. The lowest BCUT2D eigenvalue weighted by Crippen LogP contribution is -2.51. The van der Waals surface area contributed by atoms with Crippen LogP contribution in [-0.2, 0) is 4.79 Å². The van der Waals surface area contributed by atoms with Crippen molar-refractivity contribution >= 4 is 39.0 Å². The van der Waals surface area contributed by atoms with Crippen molar-refractivity contribution in [1.29, 1.82) is 0 Å². The third-order valence-electron chi connectivity index (χ3n) is 3.55. The number of carbonyl (C=O) groups excluding carboxylic acids is 1. The van der Waals surface area contributed by atoms with Gasteiger partial charge in [-0.2, -0.15) is 0 Å². The minimum Gasteiger partial charge on any atom is -0.480 e. The number of rotatable bonds is 6. The van der Waals surface area contributed by atoms with Crippen LogP contribution in [0.1, 0.15) is 36.4 Å². The molecule has 1 unspecified atom stereocenters. The highest BCUT2D eigenvalue weighted by Gasteiger charge is 2.34. The fourth-order valence-corrected chi connectivity index (χ4v) is 3.23. The number of carbonyl (C=O) groups is 2. The van der Waals surface area contributed by atoms with E-state index in [9.17, 15) is 24.8 Å². The second-order valence-corrected chi connectivity index (χ2v) is 6.52. The van der Waals surface area contributed by atoms with Crippen molar-refractivity contribution < 1.29 is 19.6 Å². The molecule has 1 aromatic heterocycles. The SMILES string of the molecule is CCCC(C)(NC(=O)c1cc2cc([N+](=O)[O-])ccc2s1)C(=O)O. The molecule has 0 fully saturated rings. The zero-order valence-corrected chi connectivity index (χ0v) is 13.5. The zero-order valence-electron chi connectivity index (χ0n) is 12.7. The quantitative estimate of drug-likeness (QED) is 0.622. The second-order valence-electron chi connectivity index (χ2n) is 5.43. The van der Waals surface area contributed by atoms with Gasteiger partial charge in [0, 0.05) is 22.2 Å². The first-order valence-electron chi connectivity index (χ1n) is 7.00. The van der Waals surface area contributed by atoms with Gasteiger partial charge >= 0.3 is 5.97 Å². The Bertz CT molecular complexity index is 785. The fraction of sp³-hybridized carbons (Fsp3) is 0.333. The number of benzene rings is 1. The van der Waals surface area contributed by atoms with Crippen molar-refractivity contribution in [3.05, 3.63) is 39.3 Å². The molecule has 2 rings (SSSR count). The van der Waals surface area contributed by atoms with E-state index < -0.39 is 22.3 Å². The Morgan fingerprint density at radius 3 is 2.65 bits per heavy atom. The summed E-state index contributed by atoms with van der Waals surface area (Å²) < 4.78 is 0.730. The number of non-ortho nitro benzene ring substituents is 1. The van der Waals surface area contributed by atoms with Gasteiger partial charge < -0.3 is 10.4 Å². The van der Waals surface area contributed by atoms with Crippen molar-refractivity contribution in [2.75, 3.05) is 0 Å². The van der Waals surface area contributed by atoms with Crippen molar-refractivity contribution in [1.82, 2.24) is 5.32 Å². The van der Waals surface area contributed by atoms with Gasteiger partial charge in [-0.25, -0.2) is 4.79 Å².